The highest BCUT2D eigenvalue weighted by atomic mass is 79.9. The van der Waals surface area contributed by atoms with Gasteiger partial charge in [-0.1, -0.05) is 15.9 Å². The topological polar surface area (TPSA) is 70.2 Å². The van der Waals surface area contributed by atoms with Crippen molar-refractivity contribution in [2.45, 2.75) is 58.2 Å². The van der Waals surface area contributed by atoms with E-state index in [1.807, 2.05) is 19.1 Å². The number of aryl methyl sites for hydroxylation is 1. The highest BCUT2D eigenvalue weighted by Crippen LogP contribution is 2.22. The lowest BCUT2D eigenvalue weighted by Gasteiger charge is -2.40. The molecule has 0 radical (unpaired) electrons. The van der Waals surface area contributed by atoms with E-state index < -0.39 is 11.8 Å². The first-order valence-electron chi connectivity index (χ1n) is 7.82. The molecular formula is C17H24BrN3O2. The summed E-state index contributed by atoms with van der Waals surface area (Å²) in [6, 6.07) is 5.75. The van der Waals surface area contributed by atoms with Crippen molar-refractivity contribution >= 4 is 33.4 Å². The Hall–Kier alpha value is -1.40. The number of carbonyl (C=O) groups is 2. The van der Waals surface area contributed by atoms with Crippen molar-refractivity contribution in [1.29, 1.82) is 0 Å². The molecule has 2 amide bonds. The number of piperidine rings is 1. The summed E-state index contributed by atoms with van der Waals surface area (Å²) in [6.45, 7) is 8.22. The fraction of sp³-hybridized carbons (Fsp3) is 0.529. The Morgan fingerprint density at radius 2 is 2.00 bits per heavy atom. The van der Waals surface area contributed by atoms with Crippen molar-refractivity contribution in [2.24, 2.45) is 0 Å². The van der Waals surface area contributed by atoms with Gasteiger partial charge in [-0.25, -0.2) is 0 Å². The molecule has 126 valence electrons. The SMILES string of the molecule is Cc1cc(NC(=O)C(=O)NC2CC(C)NC(C)(C)C2)ccc1Br. The van der Waals surface area contributed by atoms with Crippen LogP contribution in [0.2, 0.25) is 0 Å². The highest BCUT2D eigenvalue weighted by Gasteiger charge is 2.32. The van der Waals surface area contributed by atoms with Crippen LogP contribution in [0.4, 0.5) is 5.69 Å². The second-order valence-electron chi connectivity index (χ2n) is 6.96. The van der Waals surface area contributed by atoms with Gasteiger partial charge in [0.1, 0.15) is 0 Å². The number of halogens is 1. The molecule has 1 aromatic rings. The monoisotopic (exact) mass is 381 g/mol. The second kappa shape index (κ2) is 7.01. The molecule has 0 aliphatic carbocycles. The van der Waals surface area contributed by atoms with Gasteiger partial charge in [-0.15, -0.1) is 0 Å². The second-order valence-corrected chi connectivity index (χ2v) is 7.81. The van der Waals surface area contributed by atoms with E-state index in [1.165, 1.54) is 0 Å². The average molecular weight is 382 g/mol. The minimum Gasteiger partial charge on any atom is -0.345 e. The first-order valence-corrected chi connectivity index (χ1v) is 8.61. The van der Waals surface area contributed by atoms with Crippen LogP contribution in [0.5, 0.6) is 0 Å². The minimum absolute atomic E-state index is 0.00570. The van der Waals surface area contributed by atoms with E-state index in [1.54, 1.807) is 6.07 Å². The number of hydrogen-bond acceptors (Lipinski definition) is 3. The van der Waals surface area contributed by atoms with Crippen molar-refractivity contribution in [3.05, 3.63) is 28.2 Å². The summed E-state index contributed by atoms with van der Waals surface area (Å²) in [4.78, 5) is 24.2. The van der Waals surface area contributed by atoms with Crippen molar-refractivity contribution in [2.75, 3.05) is 5.32 Å². The first kappa shape index (κ1) is 17.9. The van der Waals surface area contributed by atoms with Gasteiger partial charge in [0.15, 0.2) is 0 Å². The van der Waals surface area contributed by atoms with Gasteiger partial charge in [0.05, 0.1) is 0 Å². The molecule has 1 fully saturated rings. The Balaban J connectivity index is 1.94. The van der Waals surface area contributed by atoms with Gasteiger partial charge in [-0.3, -0.25) is 9.59 Å². The predicted octanol–water partition coefficient (Wildman–Crippen LogP) is 2.73. The number of amides is 2. The van der Waals surface area contributed by atoms with Crippen molar-refractivity contribution < 1.29 is 9.59 Å². The molecule has 1 heterocycles. The first-order chi connectivity index (χ1) is 10.7. The zero-order chi connectivity index (χ0) is 17.2. The number of benzene rings is 1. The highest BCUT2D eigenvalue weighted by molar-refractivity contribution is 9.10. The number of hydrogen-bond donors (Lipinski definition) is 3. The normalized spacial score (nSPS) is 23.2. The molecule has 23 heavy (non-hydrogen) atoms. The molecule has 1 aromatic carbocycles. The van der Waals surface area contributed by atoms with Crippen LogP contribution in [0.15, 0.2) is 22.7 Å². The Morgan fingerprint density at radius 1 is 1.30 bits per heavy atom. The van der Waals surface area contributed by atoms with Crippen LogP contribution in [0.1, 0.15) is 39.2 Å². The molecule has 0 aromatic heterocycles. The molecule has 2 unspecified atom stereocenters. The maximum atomic E-state index is 12.1. The summed E-state index contributed by atoms with van der Waals surface area (Å²) in [5.74, 6) is -1.21. The van der Waals surface area contributed by atoms with E-state index in [-0.39, 0.29) is 11.6 Å². The van der Waals surface area contributed by atoms with E-state index in [4.69, 9.17) is 0 Å². The molecule has 2 rings (SSSR count). The summed E-state index contributed by atoms with van der Waals surface area (Å²) in [5, 5.41) is 8.98. The van der Waals surface area contributed by atoms with E-state index in [2.05, 4.69) is 52.7 Å². The number of rotatable bonds is 2. The average Bonchev–Trinajstić information content (AvgIpc) is 2.40. The lowest BCUT2D eigenvalue weighted by Crippen LogP contribution is -2.57. The number of anilines is 1. The molecule has 0 bridgehead atoms. The Bertz CT molecular complexity index is 616. The van der Waals surface area contributed by atoms with Crippen LogP contribution >= 0.6 is 15.9 Å². The fourth-order valence-corrected chi connectivity index (χ4v) is 3.43. The van der Waals surface area contributed by atoms with Crippen LogP contribution < -0.4 is 16.0 Å². The van der Waals surface area contributed by atoms with Crippen molar-refractivity contribution in [1.82, 2.24) is 10.6 Å². The lowest BCUT2D eigenvalue weighted by atomic mass is 9.86. The molecule has 1 aliphatic rings. The molecule has 5 nitrogen and oxygen atoms in total. The van der Waals surface area contributed by atoms with Gasteiger partial charge in [-0.05, 0) is 64.3 Å². The Morgan fingerprint density at radius 3 is 2.61 bits per heavy atom. The number of nitrogens with one attached hydrogen (secondary N) is 3. The summed E-state index contributed by atoms with van der Waals surface area (Å²) >= 11 is 3.41. The standard InChI is InChI=1S/C17H24BrN3O2/c1-10-7-12(5-6-14(10)18)19-15(22)16(23)20-13-8-11(2)21-17(3,4)9-13/h5-7,11,13,21H,8-9H2,1-4H3,(H,19,22)(H,20,23). The molecule has 0 saturated carbocycles. The van der Waals surface area contributed by atoms with Gasteiger partial charge in [0, 0.05) is 27.8 Å². The molecule has 0 spiro atoms. The smallest absolute Gasteiger partial charge is 0.313 e. The number of carbonyl (C=O) groups excluding carboxylic acids is 2. The van der Waals surface area contributed by atoms with Gasteiger partial charge in [0.2, 0.25) is 0 Å². The Kier molecular flexibility index (Phi) is 5.47. The molecular weight excluding hydrogens is 358 g/mol. The zero-order valence-corrected chi connectivity index (χ0v) is 15.6. The van der Waals surface area contributed by atoms with E-state index in [0.29, 0.717) is 11.7 Å². The fourth-order valence-electron chi connectivity index (χ4n) is 3.18. The Labute approximate surface area is 145 Å². The van der Waals surface area contributed by atoms with E-state index >= 15 is 0 Å². The summed E-state index contributed by atoms with van der Waals surface area (Å²) in [6.07, 6.45) is 1.62. The summed E-state index contributed by atoms with van der Waals surface area (Å²) in [5.41, 5.74) is 1.57. The molecule has 6 heteroatoms. The van der Waals surface area contributed by atoms with Crippen LogP contribution in [0.3, 0.4) is 0 Å². The van der Waals surface area contributed by atoms with Crippen LogP contribution in [-0.4, -0.2) is 29.4 Å². The van der Waals surface area contributed by atoms with Gasteiger partial charge in [0.25, 0.3) is 0 Å². The van der Waals surface area contributed by atoms with Gasteiger partial charge >= 0.3 is 11.8 Å². The third kappa shape index (κ3) is 5.04. The van der Waals surface area contributed by atoms with Crippen LogP contribution in [-0.2, 0) is 9.59 Å². The summed E-state index contributed by atoms with van der Waals surface area (Å²) in [7, 11) is 0. The third-order valence-electron chi connectivity index (χ3n) is 3.99. The maximum absolute atomic E-state index is 12.1. The maximum Gasteiger partial charge on any atom is 0.313 e. The largest absolute Gasteiger partial charge is 0.345 e. The lowest BCUT2D eigenvalue weighted by molar-refractivity contribution is -0.136. The van der Waals surface area contributed by atoms with Gasteiger partial charge < -0.3 is 16.0 Å². The van der Waals surface area contributed by atoms with E-state index in [0.717, 1.165) is 22.9 Å². The molecule has 3 N–H and O–H groups in total. The zero-order valence-electron chi connectivity index (χ0n) is 14.0. The van der Waals surface area contributed by atoms with Crippen molar-refractivity contribution in [3.8, 4) is 0 Å². The van der Waals surface area contributed by atoms with Gasteiger partial charge in [-0.2, -0.15) is 0 Å². The van der Waals surface area contributed by atoms with Crippen molar-refractivity contribution in [3.63, 3.8) is 0 Å². The quantitative estimate of drug-likeness (QED) is 0.689. The third-order valence-corrected chi connectivity index (χ3v) is 4.88. The van der Waals surface area contributed by atoms with Crippen LogP contribution in [0, 0.1) is 6.92 Å². The molecule has 1 aliphatic heterocycles. The molecule has 1 saturated heterocycles. The summed E-state index contributed by atoms with van der Waals surface area (Å²) < 4.78 is 0.964. The minimum atomic E-state index is -0.629. The van der Waals surface area contributed by atoms with E-state index in [9.17, 15) is 9.59 Å². The predicted molar refractivity (Wildman–Crippen MR) is 95.4 cm³/mol. The molecule has 2 atom stereocenters. The van der Waals surface area contributed by atoms with Crippen LogP contribution in [0.25, 0.3) is 0 Å².